The maximum Gasteiger partial charge on any atom is 0.328 e. The van der Waals surface area contributed by atoms with E-state index in [-0.39, 0.29) is 5.92 Å². The van der Waals surface area contributed by atoms with Gasteiger partial charge in [0.25, 0.3) is 0 Å². The van der Waals surface area contributed by atoms with Gasteiger partial charge < -0.3 is 9.84 Å². The molecule has 0 amide bonds. The van der Waals surface area contributed by atoms with Gasteiger partial charge in [-0.15, -0.1) is 0 Å². The van der Waals surface area contributed by atoms with Crippen molar-refractivity contribution in [2.75, 3.05) is 6.61 Å². The van der Waals surface area contributed by atoms with Crippen LogP contribution in [-0.4, -0.2) is 17.7 Å². The Morgan fingerprint density at radius 3 is 2.35 bits per heavy atom. The molecular weight excluding hydrogens is 216 g/mol. The fraction of sp³-hybridized carbons (Fsp3) is 0.357. The first kappa shape index (κ1) is 13.3. The largest absolute Gasteiger partial charge is 0.494 e. The Hall–Kier alpha value is -1.77. The van der Waals surface area contributed by atoms with E-state index >= 15 is 0 Å². The second kappa shape index (κ2) is 6.09. The first-order chi connectivity index (χ1) is 8.04. The highest BCUT2D eigenvalue weighted by atomic mass is 16.5. The van der Waals surface area contributed by atoms with Crippen LogP contribution in [0.4, 0.5) is 0 Å². The molecule has 1 N–H and O–H groups in total. The number of ether oxygens (including phenoxy) is 1. The van der Waals surface area contributed by atoms with Crippen molar-refractivity contribution in [3.63, 3.8) is 0 Å². The van der Waals surface area contributed by atoms with Gasteiger partial charge in [-0.25, -0.2) is 4.79 Å². The molecular formula is C14H18O3. The fourth-order valence-corrected chi connectivity index (χ4v) is 1.63. The van der Waals surface area contributed by atoms with E-state index in [9.17, 15) is 4.79 Å². The van der Waals surface area contributed by atoms with Crippen molar-refractivity contribution in [2.45, 2.75) is 20.8 Å². The monoisotopic (exact) mass is 234 g/mol. The van der Waals surface area contributed by atoms with E-state index < -0.39 is 5.97 Å². The summed E-state index contributed by atoms with van der Waals surface area (Å²) in [6.07, 6.45) is 1.26. The molecule has 0 aliphatic rings. The van der Waals surface area contributed by atoms with Gasteiger partial charge in [0.2, 0.25) is 0 Å². The van der Waals surface area contributed by atoms with E-state index in [0.717, 1.165) is 16.9 Å². The van der Waals surface area contributed by atoms with Crippen LogP contribution in [0, 0.1) is 5.92 Å². The molecule has 0 unspecified atom stereocenters. The average molecular weight is 234 g/mol. The number of hydrogen-bond acceptors (Lipinski definition) is 2. The Morgan fingerprint density at radius 1 is 1.35 bits per heavy atom. The molecule has 0 saturated carbocycles. The van der Waals surface area contributed by atoms with Gasteiger partial charge in [0.1, 0.15) is 5.75 Å². The van der Waals surface area contributed by atoms with E-state index in [1.54, 1.807) is 0 Å². The maximum atomic E-state index is 10.8. The van der Waals surface area contributed by atoms with Gasteiger partial charge in [-0.3, -0.25) is 0 Å². The predicted molar refractivity (Wildman–Crippen MR) is 68.1 cm³/mol. The molecule has 0 saturated heterocycles. The van der Waals surface area contributed by atoms with Gasteiger partial charge in [0.05, 0.1) is 6.61 Å². The molecule has 1 aromatic carbocycles. The second-order valence-corrected chi connectivity index (χ2v) is 4.05. The standard InChI is InChI=1S/C14H18O3/c1-4-17-12-7-5-11(6-8-12)13(10(2)3)9-14(15)16/h5-10H,4H2,1-3H3,(H,15,16)/b13-9+. The predicted octanol–water partition coefficient (Wildman–Crippen LogP) is 3.21. The molecule has 3 heteroatoms. The van der Waals surface area contributed by atoms with Crippen LogP contribution in [0.2, 0.25) is 0 Å². The van der Waals surface area contributed by atoms with E-state index in [4.69, 9.17) is 9.84 Å². The lowest BCUT2D eigenvalue weighted by Crippen LogP contribution is -1.99. The van der Waals surface area contributed by atoms with Crippen LogP contribution in [0.15, 0.2) is 30.3 Å². The van der Waals surface area contributed by atoms with Crippen LogP contribution in [0.1, 0.15) is 26.3 Å². The summed E-state index contributed by atoms with van der Waals surface area (Å²) in [5.74, 6) is 0.0568. The smallest absolute Gasteiger partial charge is 0.328 e. The molecule has 0 fully saturated rings. The van der Waals surface area contributed by atoms with Crippen LogP contribution >= 0.6 is 0 Å². The highest BCUT2D eigenvalue weighted by Crippen LogP contribution is 2.24. The van der Waals surface area contributed by atoms with E-state index in [1.165, 1.54) is 6.08 Å². The lowest BCUT2D eigenvalue weighted by atomic mass is 9.95. The zero-order valence-corrected chi connectivity index (χ0v) is 10.4. The Kier molecular flexibility index (Phi) is 4.76. The van der Waals surface area contributed by atoms with Crippen LogP contribution in [0.5, 0.6) is 5.75 Å². The highest BCUT2D eigenvalue weighted by molar-refractivity contribution is 5.90. The summed E-state index contributed by atoms with van der Waals surface area (Å²) in [7, 11) is 0. The molecule has 92 valence electrons. The van der Waals surface area contributed by atoms with Gasteiger partial charge >= 0.3 is 5.97 Å². The van der Waals surface area contributed by atoms with Crippen LogP contribution < -0.4 is 4.74 Å². The van der Waals surface area contributed by atoms with Crippen LogP contribution in [0.25, 0.3) is 5.57 Å². The van der Waals surface area contributed by atoms with Crippen LogP contribution in [0.3, 0.4) is 0 Å². The molecule has 1 rings (SSSR count). The first-order valence-corrected chi connectivity index (χ1v) is 5.72. The number of carbonyl (C=O) groups is 1. The summed E-state index contributed by atoms with van der Waals surface area (Å²) in [6.45, 7) is 6.51. The molecule has 0 heterocycles. The second-order valence-electron chi connectivity index (χ2n) is 4.05. The molecule has 0 bridgehead atoms. The molecule has 0 aromatic heterocycles. The van der Waals surface area contributed by atoms with Crippen molar-refractivity contribution in [3.05, 3.63) is 35.9 Å². The number of carboxylic acid groups (broad SMARTS) is 1. The summed E-state index contributed by atoms with van der Waals surface area (Å²) in [4.78, 5) is 10.8. The van der Waals surface area contributed by atoms with E-state index in [0.29, 0.717) is 6.61 Å². The minimum atomic E-state index is -0.914. The SMILES string of the molecule is CCOc1ccc(/C(=C/C(=O)O)C(C)C)cc1. The van der Waals surface area contributed by atoms with Gasteiger partial charge in [-0.2, -0.15) is 0 Å². The lowest BCUT2D eigenvalue weighted by molar-refractivity contribution is -0.131. The molecule has 1 aromatic rings. The Balaban J connectivity index is 3.00. The van der Waals surface area contributed by atoms with Crippen molar-refractivity contribution in [1.82, 2.24) is 0 Å². The number of carboxylic acids is 1. The molecule has 0 radical (unpaired) electrons. The Labute approximate surface area is 102 Å². The zero-order chi connectivity index (χ0) is 12.8. The number of aliphatic carboxylic acids is 1. The van der Waals surface area contributed by atoms with Crippen molar-refractivity contribution < 1.29 is 14.6 Å². The van der Waals surface area contributed by atoms with E-state index in [2.05, 4.69) is 0 Å². The third-order valence-corrected chi connectivity index (χ3v) is 2.40. The van der Waals surface area contributed by atoms with Gasteiger partial charge in [-0.05, 0) is 36.1 Å². The van der Waals surface area contributed by atoms with Crippen LogP contribution in [-0.2, 0) is 4.79 Å². The Morgan fingerprint density at radius 2 is 1.94 bits per heavy atom. The van der Waals surface area contributed by atoms with Crippen molar-refractivity contribution in [2.24, 2.45) is 5.92 Å². The summed E-state index contributed by atoms with van der Waals surface area (Å²) in [5.41, 5.74) is 1.74. The quantitative estimate of drug-likeness (QED) is 0.796. The number of allylic oxidation sites excluding steroid dienone is 1. The Bertz CT molecular complexity index is 402. The van der Waals surface area contributed by atoms with Gasteiger partial charge in [0.15, 0.2) is 0 Å². The third-order valence-electron chi connectivity index (χ3n) is 2.40. The summed E-state index contributed by atoms with van der Waals surface area (Å²) in [6, 6.07) is 7.49. The van der Waals surface area contributed by atoms with Gasteiger partial charge in [-0.1, -0.05) is 26.0 Å². The number of benzene rings is 1. The van der Waals surface area contributed by atoms with Crippen molar-refractivity contribution >= 4 is 11.5 Å². The minimum Gasteiger partial charge on any atom is -0.494 e. The highest BCUT2D eigenvalue weighted by Gasteiger charge is 2.08. The maximum absolute atomic E-state index is 10.8. The molecule has 0 aliphatic heterocycles. The zero-order valence-electron chi connectivity index (χ0n) is 10.4. The molecule has 3 nitrogen and oxygen atoms in total. The molecule has 0 aliphatic carbocycles. The lowest BCUT2D eigenvalue weighted by Gasteiger charge is -2.11. The molecule has 0 spiro atoms. The van der Waals surface area contributed by atoms with Crippen molar-refractivity contribution in [1.29, 1.82) is 0 Å². The molecule has 17 heavy (non-hydrogen) atoms. The summed E-state index contributed by atoms with van der Waals surface area (Å²) >= 11 is 0. The number of hydrogen-bond donors (Lipinski definition) is 1. The van der Waals surface area contributed by atoms with Gasteiger partial charge in [0, 0.05) is 6.08 Å². The first-order valence-electron chi connectivity index (χ1n) is 5.72. The summed E-state index contributed by atoms with van der Waals surface area (Å²) < 4.78 is 5.35. The average Bonchev–Trinajstić information content (AvgIpc) is 2.27. The topological polar surface area (TPSA) is 46.5 Å². The summed E-state index contributed by atoms with van der Waals surface area (Å²) in [5, 5.41) is 8.83. The number of rotatable bonds is 5. The fourth-order valence-electron chi connectivity index (χ4n) is 1.63. The molecule has 0 atom stereocenters. The van der Waals surface area contributed by atoms with E-state index in [1.807, 2.05) is 45.0 Å². The normalized spacial score (nSPS) is 11.6. The third kappa shape index (κ3) is 3.94. The minimum absolute atomic E-state index is 0.170. The van der Waals surface area contributed by atoms with Crippen molar-refractivity contribution in [3.8, 4) is 5.75 Å².